The summed E-state index contributed by atoms with van der Waals surface area (Å²) in [6.07, 6.45) is 0.258. The van der Waals surface area contributed by atoms with Gasteiger partial charge >= 0.3 is 0 Å². The minimum Gasteiger partial charge on any atom is -0.327 e. The lowest BCUT2D eigenvalue weighted by molar-refractivity contribution is -0.117. The van der Waals surface area contributed by atoms with E-state index < -0.39 is 0 Å². The predicted octanol–water partition coefficient (Wildman–Crippen LogP) is 3.70. The van der Waals surface area contributed by atoms with Crippen LogP contribution in [0.1, 0.15) is 27.2 Å². The van der Waals surface area contributed by atoms with Gasteiger partial charge < -0.3 is 11.1 Å². The average molecular weight is 289 g/mol. The first-order valence-electron chi connectivity index (χ1n) is 5.70. The Morgan fingerprint density at radius 3 is 2.22 bits per heavy atom. The van der Waals surface area contributed by atoms with Gasteiger partial charge in [0.15, 0.2) is 0 Å². The van der Waals surface area contributed by atoms with E-state index in [2.05, 4.69) is 5.32 Å². The van der Waals surface area contributed by atoms with Crippen LogP contribution < -0.4 is 11.1 Å². The first-order valence-corrected chi connectivity index (χ1v) is 6.45. The topological polar surface area (TPSA) is 55.1 Å². The minimum absolute atomic E-state index is 0.108. The zero-order valence-corrected chi connectivity index (χ0v) is 12.3. The number of nitrogens with one attached hydrogen (secondary N) is 1. The monoisotopic (exact) mass is 288 g/mol. The van der Waals surface area contributed by atoms with E-state index in [1.54, 1.807) is 18.2 Å². The summed E-state index contributed by atoms with van der Waals surface area (Å²) in [5, 5.41) is 3.71. The van der Waals surface area contributed by atoms with Crippen molar-refractivity contribution in [3.63, 3.8) is 0 Å². The average Bonchev–Trinajstić information content (AvgIpc) is 2.13. The van der Waals surface area contributed by atoms with Crippen molar-refractivity contribution in [1.29, 1.82) is 0 Å². The van der Waals surface area contributed by atoms with Gasteiger partial charge in [-0.1, -0.05) is 44.0 Å². The molecule has 18 heavy (non-hydrogen) atoms. The van der Waals surface area contributed by atoms with Gasteiger partial charge in [-0.15, -0.1) is 0 Å². The maximum absolute atomic E-state index is 11.8. The molecule has 1 aromatic rings. The van der Waals surface area contributed by atoms with Crippen LogP contribution in [-0.4, -0.2) is 11.9 Å². The Morgan fingerprint density at radius 1 is 1.28 bits per heavy atom. The maximum atomic E-state index is 11.8. The summed E-state index contributed by atoms with van der Waals surface area (Å²) in [6.45, 7) is 6.00. The Bertz CT molecular complexity index is 421. The molecule has 3 N–H and O–H groups in total. The number of carbonyl (C=O) groups is 1. The largest absolute Gasteiger partial charge is 0.327 e. The van der Waals surface area contributed by atoms with E-state index in [0.717, 1.165) is 0 Å². The van der Waals surface area contributed by atoms with E-state index in [1.165, 1.54) is 0 Å². The smallest absolute Gasteiger partial charge is 0.225 e. The molecule has 0 saturated carbocycles. The van der Waals surface area contributed by atoms with Crippen LogP contribution in [-0.2, 0) is 4.79 Å². The number of rotatable bonds is 3. The lowest BCUT2D eigenvalue weighted by atomic mass is 9.85. The van der Waals surface area contributed by atoms with Crippen LogP contribution in [0, 0.1) is 5.41 Å². The van der Waals surface area contributed by atoms with Crippen LogP contribution in [0.2, 0.25) is 10.0 Å². The molecule has 0 aliphatic heterocycles. The fourth-order valence-electron chi connectivity index (χ4n) is 1.34. The Balaban J connectivity index is 2.65. The Hall–Kier alpha value is -0.770. The summed E-state index contributed by atoms with van der Waals surface area (Å²) in [7, 11) is 0. The molecule has 0 aliphatic carbocycles. The van der Waals surface area contributed by atoms with Crippen molar-refractivity contribution in [2.75, 3.05) is 5.32 Å². The number of halogens is 2. The van der Waals surface area contributed by atoms with E-state index in [-0.39, 0.29) is 23.8 Å². The van der Waals surface area contributed by atoms with E-state index >= 15 is 0 Å². The number of nitrogens with two attached hydrogens (primary N) is 1. The molecule has 100 valence electrons. The van der Waals surface area contributed by atoms with Crippen LogP contribution in [0.15, 0.2) is 18.2 Å². The SMILES string of the molecule is CC(C)(C)C(N)CC(=O)Nc1cc(Cl)cc(Cl)c1. The van der Waals surface area contributed by atoms with Crippen molar-refractivity contribution < 1.29 is 4.79 Å². The third-order valence-corrected chi connectivity index (χ3v) is 3.10. The Morgan fingerprint density at radius 2 is 1.78 bits per heavy atom. The molecule has 0 heterocycles. The molecule has 1 aromatic carbocycles. The number of hydrogen-bond acceptors (Lipinski definition) is 2. The van der Waals surface area contributed by atoms with Crippen LogP contribution in [0.25, 0.3) is 0 Å². The summed E-state index contributed by atoms with van der Waals surface area (Å²) in [5.74, 6) is -0.143. The molecule has 0 bridgehead atoms. The summed E-state index contributed by atoms with van der Waals surface area (Å²) >= 11 is 11.7. The van der Waals surface area contributed by atoms with Gasteiger partial charge in [0, 0.05) is 28.2 Å². The molecule has 1 unspecified atom stereocenters. The zero-order valence-electron chi connectivity index (χ0n) is 10.8. The maximum Gasteiger partial charge on any atom is 0.225 e. The minimum atomic E-state index is -0.202. The number of benzene rings is 1. The fraction of sp³-hybridized carbons (Fsp3) is 0.462. The molecular formula is C13H18Cl2N2O. The van der Waals surface area contributed by atoms with Crippen molar-refractivity contribution in [3.05, 3.63) is 28.2 Å². The van der Waals surface area contributed by atoms with Crippen LogP contribution >= 0.6 is 23.2 Å². The van der Waals surface area contributed by atoms with E-state index in [9.17, 15) is 4.79 Å². The zero-order chi connectivity index (χ0) is 13.9. The van der Waals surface area contributed by atoms with Gasteiger partial charge in [-0.2, -0.15) is 0 Å². The Kier molecular flexibility index (Phi) is 5.02. The quantitative estimate of drug-likeness (QED) is 0.891. The van der Waals surface area contributed by atoms with Gasteiger partial charge in [0.1, 0.15) is 0 Å². The normalized spacial score (nSPS) is 13.2. The first-order chi connectivity index (χ1) is 8.18. The van der Waals surface area contributed by atoms with E-state index in [0.29, 0.717) is 15.7 Å². The summed E-state index contributed by atoms with van der Waals surface area (Å²) in [4.78, 5) is 11.8. The number of amides is 1. The predicted molar refractivity (Wildman–Crippen MR) is 77.1 cm³/mol. The van der Waals surface area contributed by atoms with Crippen molar-refractivity contribution in [3.8, 4) is 0 Å². The Labute approximate surface area is 118 Å². The third kappa shape index (κ3) is 4.84. The highest BCUT2D eigenvalue weighted by Gasteiger charge is 2.23. The number of anilines is 1. The van der Waals surface area contributed by atoms with Gasteiger partial charge in [-0.3, -0.25) is 4.79 Å². The first kappa shape index (κ1) is 15.3. The van der Waals surface area contributed by atoms with Gasteiger partial charge in [0.05, 0.1) is 0 Å². The number of hydrogen-bond donors (Lipinski definition) is 2. The molecule has 1 rings (SSSR count). The highest BCUT2D eigenvalue weighted by molar-refractivity contribution is 6.35. The van der Waals surface area contributed by atoms with Gasteiger partial charge in [0.2, 0.25) is 5.91 Å². The molecule has 0 radical (unpaired) electrons. The number of carbonyl (C=O) groups excluding carboxylic acids is 1. The van der Waals surface area contributed by atoms with Gasteiger partial charge in [0.25, 0.3) is 0 Å². The van der Waals surface area contributed by atoms with Crippen LogP contribution in [0.3, 0.4) is 0 Å². The lowest BCUT2D eigenvalue weighted by Gasteiger charge is -2.26. The molecule has 1 amide bonds. The van der Waals surface area contributed by atoms with Gasteiger partial charge in [-0.05, 0) is 23.6 Å². The standard InChI is InChI=1S/C13H18Cl2N2O/c1-13(2,3)11(16)7-12(18)17-10-5-8(14)4-9(15)6-10/h4-6,11H,7,16H2,1-3H3,(H,17,18). The third-order valence-electron chi connectivity index (χ3n) is 2.66. The van der Waals surface area contributed by atoms with Crippen LogP contribution in [0.5, 0.6) is 0 Å². The second-order valence-corrected chi connectivity index (χ2v) is 6.26. The summed E-state index contributed by atoms with van der Waals surface area (Å²) in [6, 6.07) is 4.70. The highest BCUT2D eigenvalue weighted by Crippen LogP contribution is 2.24. The van der Waals surface area contributed by atoms with Crippen molar-refractivity contribution in [2.45, 2.75) is 33.2 Å². The fourth-order valence-corrected chi connectivity index (χ4v) is 1.87. The van der Waals surface area contributed by atoms with E-state index in [1.807, 2.05) is 20.8 Å². The molecule has 1 atom stereocenters. The van der Waals surface area contributed by atoms with Crippen molar-refractivity contribution in [2.24, 2.45) is 11.1 Å². The molecular weight excluding hydrogens is 271 g/mol. The summed E-state index contributed by atoms with van der Waals surface area (Å²) in [5.41, 5.74) is 6.43. The molecule has 0 saturated heterocycles. The van der Waals surface area contributed by atoms with Crippen molar-refractivity contribution in [1.82, 2.24) is 0 Å². The van der Waals surface area contributed by atoms with E-state index in [4.69, 9.17) is 28.9 Å². The molecule has 3 nitrogen and oxygen atoms in total. The second-order valence-electron chi connectivity index (χ2n) is 5.38. The van der Waals surface area contributed by atoms with Crippen molar-refractivity contribution >= 4 is 34.8 Å². The highest BCUT2D eigenvalue weighted by atomic mass is 35.5. The van der Waals surface area contributed by atoms with Gasteiger partial charge in [-0.25, -0.2) is 0 Å². The lowest BCUT2D eigenvalue weighted by Crippen LogP contribution is -2.38. The molecule has 0 spiro atoms. The summed E-state index contributed by atoms with van der Waals surface area (Å²) < 4.78 is 0. The molecule has 0 aromatic heterocycles. The van der Waals surface area contributed by atoms with Crippen LogP contribution in [0.4, 0.5) is 5.69 Å². The second kappa shape index (κ2) is 5.91. The molecule has 0 aliphatic rings. The molecule has 5 heteroatoms. The molecule has 0 fully saturated rings.